The first-order valence-electron chi connectivity index (χ1n) is 17.9. The molecule has 0 saturated heterocycles. The van der Waals surface area contributed by atoms with Crippen LogP contribution in [0.1, 0.15) is 65.2 Å². The van der Waals surface area contributed by atoms with E-state index in [0.717, 1.165) is 101 Å². The number of imidazole rings is 1. The van der Waals surface area contributed by atoms with E-state index in [1.165, 1.54) is 7.11 Å². The van der Waals surface area contributed by atoms with Crippen LogP contribution in [0.15, 0.2) is 67.0 Å². The van der Waals surface area contributed by atoms with Gasteiger partial charge in [0.1, 0.15) is 5.52 Å². The first kappa shape index (κ1) is 35.6. The van der Waals surface area contributed by atoms with Gasteiger partial charge in [-0.05, 0) is 104 Å². The Morgan fingerprint density at radius 2 is 1.88 bits per heavy atom. The predicted octanol–water partition coefficient (Wildman–Crippen LogP) is 7.10. The zero-order valence-electron chi connectivity index (χ0n) is 29.8. The van der Waals surface area contributed by atoms with E-state index >= 15 is 0 Å². The molecule has 0 atom stereocenters. The van der Waals surface area contributed by atoms with Gasteiger partial charge >= 0.3 is 11.9 Å². The summed E-state index contributed by atoms with van der Waals surface area (Å²) in [6.45, 7) is 4.54. The van der Waals surface area contributed by atoms with Crippen LogP contribution >= 0.6 is 11.8 Å². The monoisotopic (exact) mass is 721 g/mol. The SMILES string of the molecule is COC(=O)C1CCC(CCN2CCc3c(nc(C(=O)N(Cl)c4cccc(-c5cccc(Nc6nccc7cc(CO)cnc67)c5C)c4)n3C)C2)CC1. The quantitative estimate of drug-likeness (QED) is 0.115. The predicted molar refractivity (Wildman–Crippen MR) is 202 cm³/mol. The average molecular weight is 722 g/mol. The third-order valence-corrected chi connectivity index (χ3v) is 11.1. The number of pyridine rings is 2. The van der Waals surface area contributed by atoms with Crippen molar-refractivity contribution in [1.29, 1.82) is 0 Å². The number of ether oxygens (including phenoxy) is 1. The number of carbonyl (C=O) groups excluding carboxylic acids is 2. The molecule has 1 fully saturated rings. The van der Waals surface area contributed by atoms with Crippen LogP contribution < -0.4 is 9.74 Å². The van der Waals surface area contributed by atoms with Crippen molar-refractivity contribution in [3.05, 3.63) is 95.3 Å². The highest BCUT2D eigenvalue weighted by Crippen LogP contribution is 2.35. The highest BCUT2D eigenvalue weighted by atomic mass is 35.5. The second kappa shape index (κ2) is 15.4. The number of hydrogen-bond donors (Lipinski definition) is 2. The van der Waals surface area contributed by atoms with Crippen molar-refractivity contribution in [3.8, 4) is 11.1 Å². The van der Waals surface area contributed by atoms with Gasteiger partial charge in [0.15, 0.2) is 5.82 Å². The fourth-order valence-corrected chi connectivity index (χ4v) is 7.86. The smallest absolute Gasteiger partial charge is 0.308 e. The Kier molecular flexibility index (Phi) is 10.5. The molecule has 1 saturated carbocycles. The van der Waals surface area contributed by atoms with Crippen molar-refractivity contribution in [3.63, 3.8) is 0 Å². The number of hydrogen-bond acceptors (Lipinski definition) is 9. The van der Waals surface area contributed by atoms with Gasteiger partial charge in [-0.2, -0.15) is 0 Å². The number of benzene rings is 2. The Morgan fingerprint density at radius 3 is 2.67 bits per heavy atom. The minimum absolute atomic E-state index is 0.0466. The molecular weight excluding hydrogens is 678 g/mol. The van der Waals surface area contributed by atoms with Crippen molar-refractivity contribution >= 4 is 51.7 Å². The van der Waals surface area contributed by atoms with Crippen LogP contribution in [0.3, 0.4) is 0 Å². The first-order chi connectivity index (χ1) is 25.2. The molecule has 11 nitrogen and oxygen atoms in total. The van der Waals surface area contributed by atoms with Gasteiger partial charge in [0.2, 0.25) is 5.82 Å². The van der Waals surface area contributed by atoms with E-state index in [-0.39, 0.29) is 24.4 Å². The van der Waals surface area contributed by atoms with Gasteiger partial charge in [0, 0.05) is 67.5 Å². The van der Waals surface area contributed by atoms with E-state index in [1.807, 2.05) is 73.1 Å². The fourth-order valence-electron chi connectivity index (χ4n) is 7.68. The molecule has 2 aromatic carbocycles. The van der Waals surface area contributed by atoms with Gasteiger partial charge in [-0.25, -0.2) is 14.4 Å². The van der Waals surface area contributed by atoms with Crippen molar-refractivity contribution in [2.75, 3.05) is 29.9 Å². The topological polar surface area (TPSA) is 126 Å². The molecule has 3 aromatic heterocycles. The molecule has 0 spiro atoms. The molecule has 12 heteroatoms. The summed E-state index contributed by atoms with van der Waals surface area (Å²) < 4.78 is 7.99. The van der Waals surface area contributed by atoms with Gasteiger partial charge in [0.25, 0.3) is 0 Å². The number of nitrogens with zero attached hydrogens (tertiary/aromatic N) is 6. The molecule has 1 aliphatic heterocycles. The summed E-state index contributed by atoms with van der Waals surface area (Å²) in [7, 11) is 3.36. The molecule has 2 N–H and O–H groups in total. The lowest BCUT2D eigenvalue weighted by Crippen LogP contribution is -2.33. The zero-order valence-corrected chi connectivity index (χ0v) is 30.6. The largest absolute Gasteiger partial charge is 0.469 e. The molecule has 7 rings (SSSR count). The van der Waals surface area contributed by atoms with Crippen LogP contribution in [0.4, 0.5) is 17.2 Å². The van der Waals surface area contributed by atoms with Crippen LogP contribution in [-0.2, 0) is 36.2 Å². The summed E-state index contributed by atoms with van der Waals surface area (Å²) in [4.78, 5) is 42.1. The Bertz CT molecular complexity index is 2110. The van der Waals surface area contributed by atoms with Gasteiger partial charge in [-0.3, -0.25) is 19.5 Å². The number of anilines is 3. The van der Waals surface area contributed by atoms with Gasteiger partial charge in [-0.1, -0.05) is 24.3 Å². The summed E-state index contributed by atoms with van der Waals surface area (Å²) >= 11 is 6.79. The maximum Gasteiger partial charge on any atom is 0.308 e. The summed E-state index contributed by atoms with van der Waals surface area (Å²) in [5.74, 6) is 1.15. The molecule has 0 unspecified atom stereocenters. The average Bonchev–Trinajstić information content (AvgIpc) is 3.52. The molecule has 52 heavy (non-hydrogen) atoms. The highest BCUT2D eigenvalue weighted by molar-refractivity contribution is 6.38. The number of aliphatic hydroxyl groups excluding tert-OH is 1. The molecule has 0 bridgehead atoms. The summed E-state index contributed by atoms with van der Waals surface area (Å²) in [5.41, 5.74) is 7.74. The van der Waals surface area contributed by atoms with Crippen molar-refractivity contribution in [2.24, 2.45) is 18.9 Å². The standard InChI is InChI=1S/C40H44ClN7O4/c1-25-32(8-5-9-33(25)44-37-36-30(14-17-42-37)20-27(24-49)22-43-36)29-6-4-7-31(21-29)48(41)39(50)38-45-34-23-47(19-16-35(34)46(38)2)18-15-26-10-12-28(13-11-26)40(51)52-3/h4-9,14,17,20-22,26,28,49H,10-13,15-16,18-19,23-24H2,1-3H3,(H,42,44). The fraction of sp³-hybridized carbons (Fsp3) is 0.375. The number of aliphatic hydroxyl groups is 1. The summed E-state index contributed by atoms with van der Waals surface area (Å²) in [6.07, 6.45) is 9.22. The third-order valence-electron chi connectivity index (χ3n) is 10.7. The normalized spacial score (nSPS) is 17.5. The van der Waals surface area contributed by atoms with Gasteiger partial charge in [-0.15, -0.1) is 0 Å². The Balaban J connectivity index is 1.03. The van der Waals surface area contributed by atoms with Crippen LogP contribution in [0, 0.1) is 18.8 Å². The number of nitrogens with one attached hydrogen (secondary N) is 1. The lowest BCUT2D eigenvalue weighted by atomic mass is 9.80. The van der Waals surface area contributed by atoms with Crippen molar-refractivity contribution in [2.45, 2.75) is 58.6 Å². The van der Waals surface area contributed by atoms with Crippen molar-refractivity contribution in [1.82, 2.24) is 24.4 Å². The van der Waals surface area contributed by atoms with E-state index in [0.29, 0.717) is 35.3 Å². The molecule has 2 aliphatic rings. The Hall–Kier alpha value is -4.84. The second-order valence-electron chi connectivity index (χ2n) is 13.9. The number of carbonyl (C=O) groups is 2. The first-order valence-corrected chi connectivity index (χ1v) is 18.2. The molecule has 5 aromatic rings. The second-order valence-corrected chi connectivity index (χ2v) is 14.3. The molecule has 4 heterocycles. The summed E-state index contributed by atoms with van der Waals surface area (Å²) in [5, 5.41) is 13.9. The number of aromatic nitrogens is 4. The zero-order chi connectivity index (χ0) is 36.4. The number of halogens is 1. The Labute approximate surface area is 308 Å². The maximum atomic E-state index is 13.8. The van der Waals surface area contributed by atoms with E-state index in [4.69, 9.17) is 21.5 Å². The summed E-state index contributed by atoms with van der Waals surface area (Å²) in [6, 6.07) is 17.4. The van der Waals surface area contributed by atoms with E-state index in [9.17, 15) is 14.7 Å². The van der Waals surface area contributed by atoms with E-state index in [2.05, 4.69) is 20.2 Å². The van der Waals surface area contributed by atoms with E-state index < -0.39 is 0 Å². The number of esters is 1. The number of methoxy groups -OCH3 is 1. The molecular formula is C40H44ClN7O4. The highest BCUT2D eigenvalue weighted by Gasteiger charge is 2.30. The maximum absolute atomic E-state index is 13.8. The third kappa shape index (κ3) is 7.26. The molecule has 1 aliphatic carbocycles. The number of fused-ring (bicyclic) bond motifs is 2. The molecule has 0 radical (unpaired) electrons. The van der Waals surface area contributed by atoms with Gasteiger partial charge < -0.3 is 19.7 Å². The number of rotatable bonds is 10. The van der Waals surface area contributed by atoms with Crippen LogP contribution in [-0.4, -0.2) is 61.6 Å². The van der Waals surface area contributed by atoms with Crippen LogP contribution in [0.25, 0.3) is 22.0 Å². The van der Waals surface area contributed by atoms with Gasteiger partial charge in [0.05, 0.1) is 31.0 Å². The lowest BCUT2D eigenvalue weighted by Gasteiger charge is -2.31. The van der Waals surface area contributed by atoms with E-state index in [1.54, 1.807) is 12.4 Å². The minimum atomic E-state index is -0.379. The van der Waals surface area contributed by atoms with Crippen LogP contribution in [0.2, 0.25) is 0 Å². The van der Waals surface area contributed by atoms with Crippen LogP contribution in [0.5, 0.6) is 0 Å². The van der Waals surface area contributed by atoms with Crippen molar-refractivity contribution < 1.29 is 19.4 Å². The number of amides is 1. The molecule has 1 amide bonds. The minimum Gasteiger partial charge on any atom is -0.469 e. The Morgan fingerprint density at radius 1 is 1.08 bits per heavy atom. The molecule has 270 valence electrons. The lowest BCUT2D eigenvalue weighted by molar-refractivity contribution is -0.146.